The molecule has 0 aliphatic carbocycles. The van der Waals surface area contributed by atoms with Gasteiger partial charge in [0.1, 0.15) is 0 Å². The first-order chi connectivity index (χ1) is 21.7. The molecule has 15 heteroatoms. The largest absolute Gasteiger partial charge is 0.432 e. The number of halogens is 2. The molecule has 1 aromatic carbocycles. The van der Waals surface area contributed by atoms with Gasteiger partial charge < -0.3 is 15.0 Å². The average Bonchev–Trinajstić information content (AvgIpc) is 3.36. The zero-order valence-corrected chi connectivity index (χ0v) is 26.0. The van der Waals surface area contributed by atoms with Crippen LogP contribution in [0.5, 0.6) is 5.75 Å². The second-order valence-corrected chi connectivity index (χ2v) is 13.5. The third-order valence-corrected chi connectivity index (χ3v) is 10.5. The van der Waals surface area contributed by atoms with E-state index in [2.05, 4.69) is 53.5 Å². The first kappa shape index (κ1) is 31.4. The monoisotopic (exact) mass is 644 g/mol. The highest BCUT2D eigenvalue weighted by Gasteiger charge is 2.32. The number of fused-ring (bicyclic) bond motifs is 1. The van der Waals surface area contributed by atoms with Gasteiger partial charge in [-0.05, 0) is 62.7 Å². The fourth-order valence-corrected chi connectivity index (χ4v) is 7.83. The van der Waals surface area contributed by atoms with E-state index in [1.54, 1.807) is 0 Å². The van der Waals surface area contributed by atoms with E-state index < -0.39 is 23.5 Å². The molecule has 6 rings (SSSR count). The minimum absolute atomic E-state index is 0.0849. The molecule has 3 aliphatic rings. The molecule has 2 unspecified atom stereocenters. The fraction of sp³-hybridized carbons (Fsp3) is 0.567. The summed E-state index contributed by atoms with van der Waals surface area (Å²) in [4.78, 5) is 34.5. The summed E-state index contributed by atoms with van der Waals surface area (Å²) in [5.74, 6) is 0.386. The lowest BCUT2D eigenvalue weighted by Gasteiger charge is -2.34. The number of likely N-dealkylation sites (tertiary alicyclic amines) is 1. The van der Waals surface area contributed by atoms with Crippen LogP contribution in [0.15, 0.2) is 30.6 Å². The number of benzene rings is 1. The van der Waals surface area contributed by atoms with Crippen molar-refractivity contribution in [3.05, 3.63) is 41.9 Å². The number of amides is 2. The number of hydrogen-bond donors (Lipinski definition) is 2. The van der Waals surface area contributed by atoms with E-state index in [1.165, 1.54) is 18.0 Å². The quantitative estimate of drug-likeness (QED) is 0.320. The highest BCUT2D eigenvalue weighted by Crippen LogP contribution is 2.34. The predicted molar refractivity (Wildman–Crippen MR) is 164 cm³/mol. The number of rotatable bonds is 10. The molecule has 0 saturated carbocycles. The van der Waals surface area contributed by atoms with Gasteiger partial charge in [0.25, 0.3) is 0 Å². The maximum atomic E-state index is 13.1. The Hall–Kier alpha value is -3.56. The maximum absolute atomic E-state index is 13.1. The molecule has 0 bridgehead atoms. The summed E-state index contributed by atoms with van der Waals surface area (Å²) in [6.45, 7) is 1.15. The van der Waals surface area contributed by atoms with Crippen LogP contribution in [0.25, 0.3) is 10.9 Å². The number of anilines is 1. The van der Waals surface area contributed by atoms with Crippen LogP contribution in [0.3, 0.4) is 0 Å². The molecular formula is C30H38F2N8O4S. The van der Waals surface area contributed by atoms with E-state index >= 15 is 0 Å². The normalized spacial score (nSPS) is 21.7. The van der Waals surface area contributed by atoms with Crippen molar-refractivity contribution in [2.75, 3.05) is 43.8 Å². The molecule has 2 N–H and O–H groups in total. The van der Waals surface area contributed by atoms with Crippen LogP contribution < -0.4 is 15.4 Å². The Balaban J connectivity index is 0.942. The summed E-state index contributed by atoms with van der Waals surface area (Å²) in [5, 5.41) is 11.3. The van der Waals surface area contributed by atoms with E-state index in [-0.39, 0.29) is 23.6 Å². The molecule has 12 nitrogen and oxygen atoms in total. The van der Waals surface area contributed by atoms with Crippen molar-refractivity contribution >= 4 is 39.7 Å². The molecule has 3 aliphatic heterocycles. The van der Waals surface area contributed by atoms with E-state index in [9.17, 15) is 22.6 Å². The first-order valence-electron chi connectivity index (χ1n) is 15.4. The molecule has 2 amide bonds. The van der Waals surface area contributed by atoms with Crippen LogP contribution in [-0.2, 0) is 27.6 Å². The van der Waals surface area contributed by atoms with Crippen LogP contribution >= 0.6 is 0 Å². The Bertz CT molecular complexity index is 1540. The molecule has 3 saturated heterocycles. The minimum atomic E-state index is -2.91. The van der Waals surface area contributed by atoms with E-state index in [0.29, 0.717) is 43.6 Å². The van der Waals surface area contributed by atoms with Gasteiger partial charge in [0, 0.05) is 44.5 Å². The Morgan fingerprint density at radius 3 is 2.49 bits per heavy atom. The summed E-state index contributed by atoms with van der Waals surface area (Å²) in [6, 6.07) is 6.53. The lowest BCUT2D eigenvalue weighted by Crippen LogP contribution is -2.43. The number of aryl methyl sites for hydroxylation is 1. The van der Waals surface area contributed by atoms with Gasteiger partial charge >= 0.3 is 6.61 Å². The molecule has 3 fully saturated rings. The molecule has 0 radical (unpaired) electrons. The second-order valence-electron chi connectivity index (χ2n) is 11.9. The van der Waals surface area contributed by atoms with Crippen molar-refractivity contribution < 1.29 is 27.3 Å². The van der Waals surface area contributed by atoms with Crippen molar-refractivity contribution in [3.8, 4) is 5.75 Å². The minimum Gasteiger partial charge on any atom is -0.432 e. The number of imide groups is 1. The van der Waals surface area contributed by atoms with Crippen LogP contribution in [0.2, 0.25) is 0 Å². The van der Waals surface area contributed by atoms with Crippen LogP contribution in [-0.4, -0.2) is 96.1 Å². The van der Waals surface area contributed by atoms with Crippen molar-refractivity contribution in [2.24, 2.45) is 7.05 Å². The van der Waals surface area contributed by atoms with Gasteiger partial charge in [0.15, 0.2) is 5.75 Å². The number of nitrogens with zero attached hydrogens (tertiary/aromatic N) is 6. The first-order valence-corrected chi connectivity index (χ1v) is 16.7. The molecular weight excluding hydrogens is 606 g/mol. The number of nitrogens with one attached hydrogen (secondary N) is 2. The zero-order chi connectivity index (χ0) is 31.5. The number of hydrogen-bond acceptors (Lipinski definition) is 9. The molecule has 45 heavy (non-hydrogen) atoms. The molecule has 2 atom stereocenters. The number of alkyl halides is 2. The summed E-state index contributed by atoms with van der Waals surface area (Å²) >= 11 is 0. The van der Waals surface area contributed by atoms with Crippen molar-refractivity contribution in [1.82, 2.24) is 34.3 Å². The van der Waals surface area contributed by atoms with Gasteiger partial charge in [-0.2, -0.15) is 13.9 Å². The topological polar surface area (TPSA) is 135 Å². The highest BCUT2D eigenvalue weighted by molar-refractivity contribution is 7.82. The Labute approximate surface area is 262 Å². The van der Waals surface area contributed by atoms with E-state index in [0.717, 1.165) is 61.9 Å². The number of piperidine rings is 3. The zero-order valence-electron chi connectivity index (χ0n) is 25.2. The van der Waals surface area contributed by atoms with Crippen LogP contribution in [0, 0.1) is 0 Å². The smallest absolute Gasteiger partial charge is 0.387 e. The van der Waals surface area contributed by atoms with Gasteiger partial charge in [0.2, 0.25) is 17.8 Å². The van der Waals surface area contributed by atoms with Crippen molar-refractivity contribution in [3.63, 3.8) is 0 Å². The second kappa shape index (κ2) is 13.8. The number of carbonyl (C=O) groups excluding carboxylic acids is 2. The van der Waals surface area contributed by atoms with Crippen molar-refractivity contribution in [1.29, 1.82) is 0 Å². The van der Waals surface area contributed by atoms with Gasteiger partial charge in [-0.1, -0.05) is 12.1 Å². The van der Waals surface area contributed by atoms with Crippen LogP contribution in [0.4, 0.5) is 14.7 Å². The Morgan fingerprint density at radius 1 is 1.07 bits per heavy atom. The number of ether oxygens (including phenoxy) is 1. The van der Waals surface area contributed by atoms with Gasteiger partial charge in [-0.3, -0.25) is 19.6 Å². The summed E-state index contributed by atoms with van der Waals surface area (Å²) < 4.78 is 45.8. The SMILES string of the molecule is Cn1nc(C2CCC(=O)NC2=O)c2ccc(C3CCN(CCS(=O)N4CCC(Nc5ncc(OC(F)F)cn5)CC4)CC3)cc21. The number of aromatic nitrogens is 4. The number of carbonyl (C=O) groups is 2. The van der Waals surface area contributed by atoms with Gasteiger partial charge in [-0.15, -0.1) is 0 Å². The molecule has 5 heterocycles. The molecule has 0 spiro atoms. The Kier molecular flexibility index (Phi) is 9.66. The average molecular weight is 645 g/mol. The van der Waals surface area contributed by atoms with E-state index in [4.69, 9.17) is 0 Å². The lowest BCUT2D eigenvalue weighted by atomic mass is 9.88. The van der Waals surface area contributed by atoms with Gasteiger partial charge in [0.05, 0.1) is 46.3 Å². The lowest BCUT2D eigenvalue weighted by molar-refractivity contribution is -0.134. The van der Waals surface area contributed by atoms with E-state index in [1.807, 2.05) is 16.0 Å². The summed E-state index contributed by atoms with van der Waals surface area (Å²) in [6.07, 6.45) is 6.84. The van der Waals surface area contributed by atoms with Crippen LogP contribution in [0.1, 0.15) is 61.6 Å². The standard InChI is InChI=1S/C30H38F2N8O4S/c1-38-25-16-20(2-3-23(25)27(37-38)24-4-5-26(41)36-28(24)42)19-6-10-39(11-7-19)14-15-45(43)40-12-8-21(9-13-40)35-30-33-17-22(18-34-30)44-29(31)32/h2-3,16-19,21,24,29H,4-15H2,1H3,(H,33,34,35)(H,36,41,42). The fourth-order valence-electron chi connectivity index (χ4n) is 6.54. The maximum Gasteiger partial charge on any atom is 0.387 e. The summed E-state index contributed by atoms with van der Waals surface area (Å²) in [5.41, 5.74) is 2.99. The highest BCUT2D eigenvalue weighted by atomic mass is 32.2. The van der Waals surface area contributed by atoms with Gasteiger partial charge in [-0.25, -0.2) is 18.5 Å². The molecule has 242 valence electrons. The Morgan fingerprint density at radius 2 is 1.80 bits per heavy atom. The third kappa shape index (κ3) is 7.47. The molecule has 2 aromatic heterocycles. The third-order valence-electron chi connectivity index (χ3n) is 9.04. The molecule has 3 aromatic rings. The van der Waals surface area contributed by atoms with Crippen molar-refractivity contribution in [2.45, 2.75) is 63.0 Å². The summed E-state index contributed by atoms with van der Waals surface area (Å²) in [7, 11) is 0.838. The predicted octanol–water partition coefficient (Wildman–Crippen LogP) is 2.90.